The molecule has 0 aliphatic rings. The van der Waals surface area contributed by atoms with E-state index in [1.165, 1.54) is 0 Å². The van der Waals surface area contributed by atoms with Gasteiger partial charge in [0.1, 0.15) is 6.04 Å². The van der Waals surface area contributed by atoms with Crippen LogP contribution < -0.4 is 5.32 Å². The first kappa shape index (κ1) is 23.3. The van der Waals surface area contributed by atoms with E-state index in [9.17, 15) is 9.59 Å². The van der Waals surface area contributed by atoms with E-state index in [0.717, 1.165) is 34.1 Å². The highest BCUT2D eigenvalue weighted by molar-refractivity contribution is 7.99. The van der Waals surface area contributed by atoms with Crippen molar-refractivity contribution in [2.75, 3.05) is 12.3 Å². The van der Waals surface area contributed by atoms with Gasteiger partial charge in [0.2, 0.25) is 11.8 Å². The molecular weight excluding hydrogens is 404 g/mol. The zero-order valence-electron chi connectivity index (χ0n) is 17.1. The lowest BCUT2D eigenvalue weighted by molar-refractivity contribution is -0.140. The number of rotatable bonds is 11. The van der Waals surface area contributed by atoms with Crippen LogP contribution in [0.4, 0.5) is 0 Å². The van der Waals surface area contributed by atoms with Crippen LogP contribution >= 0.6 is 23.4 Å². The molecule has 0 heterocycles. The van der Waals surface area contributed by atoms with Crippen LogP contribution in [0.1, 0.15) is 38.7 Å². The fraction of sp³-hybridized carbons (Fsp3) is 0.391. The van der Waals surface area contributed by atoms with E-state index in [1.54, 1.807) is 23.6 Å². The van der Waals surface area contributed by atoms with Gasteiger partial charge in [0.05, 0.1) is 0 Å². The summed E-state index contributed by atoms with van der Waals surface area (Å²) in [6.07, 6.45) is 2.03. The van der Waals surface area contributed by atoms with Gasteiger partial charge in [-0.05, 0) is 55.3 Å². The Labute approximate surface area is 183 Å². The van der Waals surface area contributed by atoms with Crippen LogP contribution in [0.15, 0.2) is 59.5 Å². The molecule has 4 nitrogen and oxygen atoms in total. The maximum atomic E-state index is 12.9. The zero-order valence-corrected chi connectivity index (χ0v) is 18.6. The summed E-state index contributed by atoms with van der Waals surface area (Å²) in [6, 6.07) is 17.0. The molecule has 0 aliphatic carbocycles. The minimum atomic E-state index is -0.502. The van der Waals surface area contributed by atoms with Crippen LogP contribution in [-0.2, 0) is 16.1 Å². The molecule has 0 fully saturated rings. The first-order chi connectivity index (χ1) is 14.0. The van der Waals surface area contributed by atoms with E-state index in [0.29, 0.717) is 19.5 Å². The summed E-state index contributed by atoms with van der Waals surface area (Å²) in [5.74, 6) is 0.736. The monoisotopic (exact) mass is 432 g/mol. The summed E-state index contributed by atoms with van der Waals surface area (Å²) >= 11 is 7.61. The molecule has 2 rings (SSSR count). The average molecular weight is 433 g/mol. The summed E-state index contributed by atoms with van der Waals surface area (Å²) in [4.78, 5) is 28.2. The van der Waals surface area contributed by atoms with Crippen molar-refractivity contribution in [2.45, 2.75) is 50.6 Å². The van der Waals surface area contributed by atoms with E-state index in [4.69, 9.17) is 11.6 Å². The van der Waals surface area contributed by atoms with Crippen LogP contribution in [-0.4, -0.2) is 35.1 Å². The first-order valence-corrected chi connectivity index (χ1v) is 11.4. The van der Waals surface area contributed by atoms with Crippen molar-refractivity contribution in [3.8, 4) is 0 Å². The van der Waals surface area contributed by atoms with Gasteiger partial charge in [-0.2, -0.15) is 0 Å². The van der Waals surface area contributed by atoms with Gasteiger partial charge in [0.15, 0.2) is 0 Å². The van der Waals surface area contributed by atoms with Crippen molar-refractivity contribution in [3.63, 3.8) is 0 Å². The second-order valence-electron chi connectivity index (χ2n) is 6.88. The van der Waals surface area contributed by atoms with Crippen LogP contribution in [0, 0.1) is 0 Å². The smallest absolute Gasteiger partial charge is 0.242 e. The van der Waals surface area contributed by atoms with Crippen LogP contribution in [0.5, 0.6) is 0 Å². The molecule has 2 aromatic carbocycles. The number of nitrogens with zero attached hydrogens (tertiary/aromatic N) is 1. The van der Waals surface area contributed by atoms with E-state index in [2.05, 4.69) is 5.32 Å². The maximum Gasteiger partial charge on any atom is 0.242 e. The standard InChI is InChI=1S/C23H29ClN2O2S/c1-3-15-25-23(28)18(2)26(17-19-8-5-4-6-9-19)22(27)10-7-16-29-21-13-11-20(24)12-14-21/h4-6,8-9,11-14,18H,3,7,10,15-17H2,1-2H3,(H,25,28)/t18-/m0/s1. The molecule has 156 valence electrons. The van der Waals surface area contributed by atoms with Gasteiger partial charge in [0.25, 0.3) is 0 Å². The van der Waals surface area contributed by atoms with E-state index in [1.807, 2.05) is 61.5 Å². The number of hydrogen-bond acceptors (Lipinski definition) is 3. The fourth-order valence-corrected chi connectivity index (χ4v) is 3.83. The molecule has 0 bridgehead atoms. The minimum Gasteiger partial charge on any atom is -0.354 e. The first-order valence-electron chi connectivity index (χ1n) is 10.0. The largest absolute Gasteiger partial charge is 0.354 e. The van der Waals surface area contributed by atoms with E-state index in [-0.39, 0.29) is 11.8 Å². The van der Waals surface area contributed by atoms with Crippen molar-refractivity contribution in [1.82, 2.24) is 10.2 Å². The lowest BCUT2D eigenvalue weighted by Gasteiger charge is -2.29. The van der Waals surface area contributed by atoms with Crippen molar-refractivity contribution in [3.05, 3.63) is 65.2 Å². The van der Waals surface area contributed by atoms with E-state index < -0.39 is 6.04 Å². The van der Waals surface area contributed by atoms with Crippen LogP contribution in [0.2, 0.25) is 5.02 Å². The highest BCUT2D eigenvalue weighted by Gasteiger charge is 2.25. The molecule has 0 saturated carbocycles. The third-order valence-electron chi connectivity index (χ3n) is 4.53. The number of benzene rings is 2. The van der Waals surface area contributed by atoms with Gasteiger partial charge in [0, 0.05) is 29.4 Å². The number of nitrogens with one attached hydrogen (secondary N) is 1. The predicted octanol–water partition coefficient (Wildman–Crippen LogP) is 5.16. The quantitative estimate of drug-likeness (QED) is 0.394. The third-order valence-corrected chi connectivity index (χ3v) is 5.88. The lowest BCUT2D eigenvalue weighted by atomic mass is 10.1. The van der Waals surface area contributed by atoms with Gasteiger partial charge in [-0.15, -0.1) is 11.8 Å². The van der Waals surface area contributed by atoms with Crippen molar-refractivity contribution in [2.24, 2.45) is 0 Å². The Kier molecular flexibility index (Phi) is 10.1. The van der Waals surface area contributed by atoms with Gasteiger partial charge < -0.3 is 10.2 Å². The summed E-state index contributed by atoms with van der Waals surface area (Å²) in [5.41, 5.74) is 1.02. The average Bonchev–Trinajstić information content (AvgIpc) is 2.74. The normalized spacial score (nSPS) is 11.7. The molecule has 0 unspecified atom stereocenters. The Morgan fingerprint density at radius 1 is 1.10 bits per heavy atom. The number of halogens is 1. The molecule has 1 atom stereocenters. The zero-order chi connectivity index (χ0) is 21.1. The molecule has 29 heavy (non-hydrogen) atoms. The van der Waals surface area contributed by atoms with Crippen LogP contribution in [0.3, 0.4) is 0 Å². The Hall–Kier alpha value is -1.98. The molecule has 2 amide bonds. The van der Waals surface area contributed by atoms with E-state index >= 15 is 0 Å². The third kappa shape index (κ3) is 8.11. The fourth-order valence-electron chi connectivity index (χ4n) is 2.85. The highest BCUT2D eigenvalue weighted by Crippen LogP contribution is 2.22. The van der Waals surface area contributed by atoms with Gasteiger partial charge >= 0.3 is 0 Å². The van der Waals surface area contributed by atoms with Crippen molar-refractivity contribution >= 4 is 35.2 Å². The number of hydrogen-bond donors (Lipinski definition) is 1. The Morgan fingerprint density at radius 2 is 1.79 bits per heavy atom. The molecule has 0 radical (unpaired) electrons. The SMILES string of the molecule is CCCNC(=O)[C@H](C)N(Cc1ccccc1)C(=O)CCCSc1ccc(Cl)cc1. The van der Waals surface area contributed by atoms with Gasteiger partial charge in [-0.1, -0.05) is 48.9 Å². The Bertz CT molecular complexity index is 768. The molecule has 0 aliphatic heterocycles. The van der Waals surface area contributed by atoms with Crippen LogP contribution in [0.25, 0.3) is 0 Å². The Morgan fingerprint density at radius 3 is 2.45 bits per heavy atom. The second kappa shape index (κ2) is 12.6. The Balaban J connectivity index is 1.93. The summed E-state index contributed by atoms with van der Waals surface area (Å²) in [6.45, 7) is 4.86. The summed E-state index contributed by atoms with van der Waals surface area (Å²) in [5, 5.41) is 3.62. The topological polar surface area (TPSA) is 49.4 Å². The molecule has 2 aromatic rings. The van der Waals surface area contributed by atoms with Crippen molar-refractivity contribution < 1.29 is 9.59 Å². The summed E-state index contributed by atoms with van der Waals surface area (Å²) in [7, 11) is 0. The molecule has 6 heteroatoms. The van der Waals surface area contributed by atoms with Gasteiger partial charge in [-0.3, -0.25) is 9.59 Å². The molecule has 1 N–H and O–H groups in total. The number of carbonyl (C=O) groups is 2. The lowest BCUT2D eigenvalue weighted by Crippen LogP contribution is -2.47. The number of carbonyl (C=O) groups excluding carboxylic acids is 2. The molecule has 0 saturated heterocycles. The van der Waals surface area contributed by atoms with Crippen molar-refractivity contribution in [1.29, 1.82) is 0 Å². The summed E-state index contributed by atoms with van der Waals surface area (Å²) < 4.78 is 0. The molecular formula is C23H29ClN2O2S. The molecule has 0 aromatic heterocycles. The minimum absolute atomic E-state index is 0.00436. The highest BCUT2D eigenvalue weighted by atomic mass is 35.5. The predicted molar refractivity (Wildman–Crippen MR) is 121 cm³/mol. The number of thioether (sulfide) groups is 1. The number of amides is 2. The second-order valence-corrected chi connectivity index (χ2v) is 8.48. The maximum absolute atomic E-state index is 12.9. The van der Waals surface area contributed by atoms with Gasteiger partial charge in [-0.25, -0.2) is 0 Å². The molecule has 0 spiro atoms.